The van der Waals surface area contributed by atoms with Crippen LogP contribution >= 0.6 is 0 Å². The van der Waals surface area contributed by atoms with E-state index in [1.165, 1.54) is 8.87 Å². The van der Waals surface area contributed by atoms with Gasteiger partial charge in [-0.05, 0) is 60.8 Å². The van der Waals surface area contributed by atoms with Crippen LogP contribution in [0.5, 0.6) is 0 Å². The van der Waals surface area contributed by atoms with Crippen molar-refractivity contribution in [1.82, 2.24) is 0 Å². The van der Waals surface area contributed by atoms with Crippen molar-refractivity contribution in [2.24, 2.45) is 11.8 Å². The average Bonchev–Trinajstić information content (AvgIpc) is 2.77. The number of carboxylic acids is 4. The van der Waals surface area contributed by atoms with Crippen LogP contribution in [0.2, 0.25) is 8.87 Å². The van der Waals surface area contributed by atoms with E-state index in [4.69, 9.17) is 0 Å². The molecule has 9 heteroatoms. The third-order valence-electron chi connectivity index (χ3n) is 5.06. The number of carboxylic acid groups (broad SMARTS) is 4. The molecule has 0 unspecified atom stereocenters. The summed E-state index contributed by atoms with van der Waals surface area (Å²) < 4.78 is 3.03. The zero-order valence-corrected chi connectivity index (χ0v) is 26.4. The summed E-state index contributed by atoms with van der Waals surface area (Å²) in [6.45, 7) is 13.1. The van der Waals surface area contributed by atoms with Gasteiger partial charge in [0.1, 0.15) is 0 Å². The summed E-state index contributed by atoms with van der Waals surface area (Å²) in [6.07, 6.45) is 9.08. The Bertz CT molecular complexity index is 638. The van der Waals surface area contributed by atoms with Crippen molar-refractivity contribution in [2.75, 3.05) is 0 Å². The molecule has 6 radical (unpaired) electrons. The van der Waals surface area contributed by atoms with Gasteiger partial charge in [0, 0.05) is 0 Å². The average molecular weight is 629 g/mol. The van der Waals surface area contributed by atoms with Gasteiger partial charge in [-0.3, -0.25) is 0 Å². The topological polar surface area (TPSA) is 161 Å². The molecule has 0 saturated carbocycles. The van der Waals surface area contributed by atoms with E-state index in [1.807, 2.05) is 0 Å². The second-order valence-corrected chi connectivity index (χ2v) is 15.0. The van der Waals surface area contributed by atoms with Crippen molar-refractivity contribution in [3.8, 4) is 0 Å². The van der Waals surface area contributed by atoms with Crippen LogP contribution in [-0.2, 0) is 19.2 Å². The molecule has 0 fully saturated rings. The molecule has 0 amide bonds. The van der Waals surface area contributed by atoms with Gasteiger partial charge in [0.2, 0.25) is 0 Å². The van der Waals surface area contributed by atoms with Crippen molar-refractivity contribution in [2.45, 2.75) is 115 Å². The Hall–Kier alpha value is -1.84. The molecule has 0 aliphatic carbocycles. The predicted octanol–water partition coefficient (Wildman–Crippen LogP) is 1.61. The summed E-state index contributed by atoms with van der Waals surface area (Å²) in [5, 5.41) is 41.5. The van der Waals surface area contributed by atoms with Crippen LogP contribution in [0.15, 0.2) is 23.3 Å². The molecule has 0 N–H and O–H groups in total. The molecule has 0 bridgehead atoms. The summed E-state index contributed by atoms with van der Waals surface area (Å²) in [5.41, 5.74) is -0.380. The summed E-state index contributed by atoms with van der Waals surface area (Å²) in [4.78, 5) is 41.5. The minimum absolute atomic E-state index is 0.190. The Morgan fingerprint density at radius 2 is 0.919 bits per heavy atom. The number of hydrogen-bond donors (Lipinski definition) is 0. The number of carbonyl (C=O) groups is 4. The van der Waals surface area contributed by atoms with Gasteiger partial charge in [0.05, 0.1) is 23.9 Å². The summed E-state index contributed by atoms with van der Waals surface area (Å²) in [6, 6.07) is 0. The zero-order valence-electron chi connectivity index (χ0n) is 23.6. The van der Waals surface area contributed by atoms with Crippen molar-refractivity contribution in [3.05, 3.63) is 23.3 Å². The maximum absolute atomic E-state index is 10.5. The van der Waals surface area contributed by atoms with E-state index in [2.05, 4.69) is 41.5 Å². The van der Waals surface area contributed by atoms with Gasteiger partial charge >= 0.3 is 43.9 Å². The van der Waals surface area contributed by atoms with Crippen LogP contribution in [0, 0.1) is 11.8 Å². The van der Waals surface area contributed by atoms with Crippen LogP contribution in [0.1, 0.15) is 106 Å². The predicted molar refractivity (Wildman–Crippen MR) is 139 cm³/mol. The Labute approximate surface area is 233 Å². The van der Waals surface area contributed by atoms with Gasteiger partial charge in [-0.1, -0.05) is 66.2 Å². The number of aliphatic carboxylic acids is 4. The Kier molecular flexibility index (Phi) is 29.2. The van der Waals surface area contributed by atoms with Crippen molar-refractivity contribution in [1.29, 1.82) is 0 Å². The standard InChI is InChI=1S/2C12H20O4.2C2H5.Sn/c2*1-9(2)6-4-3-5-7-10(12(15)16)8-11(13)14;2*1-2;/h2*8-9H,3-7H2,1-2H3,(H,13,14)(H,15,16);2*1H2,2H3;/q;;;;+4/p-4/b2*10-8-;;;. The summed E-state index contributed by atoms with van der Waals surface area (Å²) in [7, 11) is 0. The first-order valence-electron chi connectivity index (χ1n) is 13.2. The fourth-order valence-electron chi connectivity index (χ4n) is 3.09. The molecule has 0 rings (SSSR count). The summed E-state index contributed by atoms with van der Waals surface area (Å²) in [5.74, 6) is -4.54. The number of rotatable bonds is 18. The van der Waals surface area contributed by atoms with Gasteiger partial charge < -0.3 is 39.6 Å². The molecule has 210 valence electrons. The molecular weight excluding hydrogens is 583 g/mol. The first-order chi connectivity index (χ1) is 17.3. The van der Waals surface area contributed by atoms with Crippen LogP contribution in [0.25, 0.3) is 0 Å². The SMILES string of the molecule is CC(C)CCCCC/C(=C/C(=O)[O-])C(=O)[O-].CC(C)CCCCC/C(=C/C(=O)[O-])C(=O)[O-].C[CH2][Sn+4][CH2]C. The number of carbonyl (C=O) groups excluding carboxylic acids is 4. The molecule has 0 aliphatic heterocycles. The van der Waals surface area contributed by atoms with E-state index in [9.17, 15) is 39.6 Å². The Balaban J connectivity index is -0.000000528. The number of unbranched alkanes of at least 4 members (excludes halogenated alkanes) is 4. The molecule has 8 nitrogen and oxygen atoms in total. The van der Waals surface area contributed by atoms with E-state index in [0.29, 0.717) is 36.8 Å². The zero-order chi connectivity index (χ0) is 29.2. The second-order valence-electron chi connectivity index (χ2n) is 9.50. The maximum atomic E-state index is 10.5. The van der Waals surface area contributed by atoms with E-state index < -0.39 is 23.9 Å². The van der Waals surface area contributed by atoms with Gasteiger partial charge in [0.25, 0.3) is 0 Å². The van der Waals surface area contributed by atoms with Crippen LogP contribution in [0.4, 0.5) is 0 Å². The van der Waals surface area contributed by atoms with E-state index in [-0.39, 0.29) is 45.1 Å². The first kappa shape index (κ1) is 39.7. The molecular formula is C28H46O8Sn. The van der Waals surface area contributed by atoms with E-state index in [0.717, 1.165) is 38.5 Å². The first-order valence-corrected chi connectivity index (χ1v) is 17.3. The van der Waals surface area contributed by atoms with Gasteiger partial charge in [-0.25, -0.2) is 0 Å². The van der Waals surface area contributed by atoms with Gasteiger partial charge in [0.15, 0.2) is 0 Å². The quantitative estimate of drug-likeness (QED) is 0.126. The van der Waals surface area contributed by atoms with Crippen molar-refractivity contribution in [3.63, 3.8) is 0 Å². The van der Waals surface area contributed by atoms with Crippen LogP contribution in [-0.4, -0.2) is 45.0 Å². The monoisotopic (exact) mass is 630 g/mol. The van der Waals surface area contributed by atoms with Crippen molar-refractivity contribution < 1.29 is 39.6 Å². The fourth-order valence-corrected chi connectivity index (χ4v) is 4.52. The third-order valence-corrected chi connectivity index (χ3v) is 7.92. The van der Waals surface area contributed by atoms with Crippen molar-refractivity contribution >= 4 is 45.0 Å². The Morgan fingerprint density at radius 1 is 0.595 bits per heavy atom. The molecule has 0 heterocycles. The minimum atomic E-state index is -1.48. The fraction of sp³-hybridized carbons (Fsp3) is 0.714. The van der Waals surface area contributed by atoms with Gasteiger partial charge in [-0.15, -0.1) is 0 Å². The summed E-state index contributed by atoms with van der Waals surface area (Å²) >= 11 is 0.218. The number of hydrogen-bond acceptors (Lipinski definition) is 8. The third kappa shape index (κ3) is 34.2. The van der Waals surface area contributed by atoms with Crippen LogP contribution in [0.3, 0.4) is 0 Å². The van der Waals surface area contributed by atoms with Gasteiger partial charge in [-0.2, -0.15) is 0 Å². The molecule has 0 aromatic carbocycles. The molecule has 0 aromatic heterocycles. The van der Waals surface area contributed by atoms with E-state index in [1.54, 1.807) is 0 Å². The molecule has 0 aliphatic rings. The molecule has 0 aromatic rings. The van der Waals surface area contributed by atoms with E-state index >= 15 is 0 Å². The molecule has 0 spiro atoms. The second kappa shape index (κ2) is 27.2. The Morgan fingerprint density at radius 3 is 1.11 bits per heavy atom. The van der Waals surface area contributed by atoms with Crippen LogP contribution < -0.4 is 20.4 Å². The molecule has 0 atom stereocenters. The normalized spacial score (nSPS) is 11.4. The molecule has 0 saturated heterocycles. The molecule has 37 heavy (non-hydrogen) atoms.